The highest BCUT2D eigenvalue weighted by Crippen LogP contribution is 2.41. The number of benzene rings is 3. The fraction of sp³-hybridized carbons (Fsp3) is 0.214. The van der Waals surface area contributed by atoms with Crippen LogP contribution in [0.3, 0.4) is 0 Å². The smallest absolute Gasteiger partial charge is 0.418 e. The van der Waals surface area contributed by atoms with E-state index in [1.54, 1.807) is 30.3 Å². The van der Waals surface area contributed by atoms with Crippen molar-refractivity contribution in [2.75, 3.05) is 5.75 Å². The first-order valence-corrected chi connectivity index (χ1v) is 13.2. The molecule has 0 radical (unpaired) electrons. The number of para-hydroxylation sites is 1. The van der Waals surface area contributed by atoms with Gasteiger partial charge in [-0.05, 0) is 46.4 Å². The summed E-state index contributed by atoms with van der Waals surface area (Å²) in [7, 11) is -3.81. The Bertz CT molecular complexity index is 1630. The molecule has 0 aliphatic carbocycles. The Kier molecular flexibility index (Phi) is 6.85. The largest absolute Gasteiger partial charge is 0.545 e. The summed E-state index contributed by atoms with van der Waals surface area (Å²) < 4.78 is 66.9. The molecule has 1 aromatic heterocycles. The molecule has 0 aliphatic heterocycles. The molecule has 0 aliphatic rings. The van der Waals surface area contributed by atoms with Crippen LogP contribution in [0.15, 0.2) is 71.8 Å². The van der Waals surface area contributed by atoms with Crippen LogP contribution in [0, 0.1) is 0 Å². The number of nitrogens with zero attached hydrogens (tertiary/aromatic N) is 1. The minimum absolute atomic E-state index is 0.0216. The minimum Gasteiger partial charge on any atom is -0.545 e. The lowest BCUT2D eigenvalue weighted by atomic mass is 9.88. The number of carboxylic acids is 1. The van der Waals surface area contributed by atoms with Gasteiger partial charge in [-0.1, -0.05) is 63.2 Å². The van der Waals surface area contributed by atoms with Crippen LogP contribution in [0.4, 0.5) is 13.2 Å². The molecule has 3 aromatic carbocycles. The number of carbonyl (C=O) groups excluding carboxylic acids is 1. The van der Waals surface area contributed by atoms with Crippen LogP contribution in [0.5, 0.6) is 0 Å². The Balaban J connectivity index is 2.08. The number of hydrogen-bond donors (Lipinski definition) is 0. The number of sulfone groups is 1. The van der Waals surface area contributed by atoms with Gasteiger partial charge in [0, 0.05) is 22.7 Å². The van der Waals surface area contributed by atoms with Crippen molar-refractivity contribution in [2.45, 2.75) is 37.8 Å². The summed E-state index contributed by atoms with van der Waals surface area (Å²) in [5, 5.41) is 12.2. The molecule has 9 heteroatoms. The first kappa shape index (κ1) is 26.3. The number of rotatable bonds is 6. The molecular weight excluding hydrogens is 503 g/mol. The number of pyridine rings is 1. The molecule has 0 atom stereocenters. The summed E-state index contributed by atoms with van der Waals surface area (Å²) >= 11 is 0. The summed E-state index contributed by atoms with van der Waals surface area (Å²) in [5.74, 6) is -1.89. The van der Waals surface area contributed by atoms with Gasteiger partial charge in [-0.25, -0.2) is 8.42 Å². The van der Waals surface area contributed by atoms with E-state index in [9.17, 15) is 31.5 Å². The van der Waals surface area contributed by atoms with Gasteiger partial charge < -0.3 is 9.90 Å². The first-order chi connectivity index (χ1) is 17.4. The highest BCUT2D eigenvalue weighted by molar-refractivity contribution is 7.91. The van der Waals surface area contributed by atoms with Gasteiger partial charge in [0.1, 0.15) is 0 Å². The maximum atomic E-state index is 13.7. The van der Waals surface area contributed by atoms with Crippen molar-refractivity contribution in [2.24, 2.45) is 0 Å². The summed E-state index contributed by atoms with van der Waals surface area (Å²) in [4.78, 5) is 15.9. The van der Waals surface area contributed by atoms with Crippen molar-refractivity contribution in [1.82, 2.24) is 4.98 Å². The lowest BCUT2D eigenvalue weighted by molar-refractivity contribution is -0.255. The van der Waals surface area contributed by atoms with Gasteiger partial charge >= 0.3 is 6.18 Å². The van der Waals surface area contributed by atoms with Crippen molar-refractivity contribution in [1.29, 1.82) is 0 Å². The lowest BCUT2D eigenvalue weighted by Gasteiger charge is -2.20. The predicted molar refractivity (Wildman–Crippen MR) is 134 cm³/mol. The van der Waals surface area contributed by atoms with Crippen molar-refractivity contribution in [3.05, 3.63) is 83.6 Å². The van der Waals surface area contributed by atoms with E-state index in [1.165, 1.54) is 37.4 Å². The first-order valence-electron chi connectivity index (χ1n) is 11.5. The highest BCUT2D eigenvalue weighted by Gasteiger charge is 2.34. The third kappa shape index (κ3) is 4.83. The van der Waals surface area contributed by atoms with E-state index < -0.39 is 27.5 Å². The van der Waals surface area contributed by atoms with Crippen LogP contribution in [-0.2, 0) is 16.0 Å². The molecule has 5 nitrogen and oxygen atoms in total. The third-order valence-corrected chi connectivity index (χ3v) is 8.03. The second-order valence-corrected chi connectivity index (χ2v) is 11.1. The van der Waals surface area contributed by atoms with E-state index in [1.807, 2.05) is 13.8 Å². The number of alkyl halides is 3. The predicted octanol–water partition coefficient (Wildman–Crippen LogP) is 5.87. The Labute approximate surface area is 212 Å². The van der Waals surface area contributed by atoms with Crippen LogP contribution in [0.25, 0.3) is 33.2 Å². The maximum Gasteiger partial charge on any atom is 0.418 e. The molecule has 1 heterocycles. The van der Waals surface area contributed by atoms with Gasteiger partial charge in [0.2, 0.25) is 0 Å². The summed E-state index contributed by atoms with van der Waals surface area (Å²) in [5.41, 5.74) is 0.607. The summed E-state index contributed by atoms with van der Waals surface area (Å²) in [6.45, 7) is 5.24. The average molecular weight is 527 g/mol. The van der Waals surface area contributed by atoms with Crippen LogP contribution in [0.2, 0.25) is 0 Å². The van der Waals surface area contributed by atoms with Gasteiger partial charge in [-0.2, -0.15) is 13.2 Å². The number of hydrogen-bond acceptors (Lipinski definition) is 5. The molecule has 0 fully saturated rings. The minimum atomic E-state index is -4.61. The maximum absolute atomic E-state index is 13.7. The fourth-order valence-corrected chi connectivity index (χ4v) is 5.61. The number of carboxylic acid groups (broad SMARTS) is 1. The highest BCUT2D eigenvalue weighted by atomic mass is 32.2. The second kappa shape index (κ2) is 9.63. The van der Waals surface area contributed by atoms with Crippen molar-refractivity contribution >= 4 is 26.7 Å². The van der Waals surface area contributed by atoms with Crippen LogP contribution in [0.1, 0.15) is 48.2 Å². The van der Waals surface area contributed by atoms with Crippen molar-refractivity contribution in [3.8, 4) is 22.3 Å². The molecule has 0 N–H and O–H groups in total. The summed E-state index contributed by atoms with van der Waals surface area (Å²) in [6.07, 6.45) is -3.19. The molecule has 0 amide bonds. The van der Waals surface area contributed by atoms with E-state index >= 15 is 0 Å². The Morgan fingerprint density at radius 3 is 2.19 bits per heavy atom. The second-order valence-electron chi connectivity index (χ2n) is 8.89. The molecule has 0 saturated heterocycles. The Morgan fingerprint density at radius 2 is 1.59 bits per heavy atom. The molecule has 0 bridgehead atoms. The Hall–Kier alpha value is -3.72. The molecule has 0 unspecified atom stereocenters. The fourth-order valence-electron chi connectivity index (χ4n) is 4.47. The number of carbonyl (C=O) groups is 1. The van der Waals surface area contributed by atoms with Gasteiger partial charge in [-0.3, -0.25) is 4.98 Å². The quantitative estimate of drug-likeness (QED) is 0.314. The van der Waals surface area contributed by atoms with E-state index in [0.29, 0.717) is 16.7 Å². The van der Waals surface area contributed by atoms with Crippen LogP contribution < -0.4 is 5.11 Å². The van der Waals surface area contributed by atoms with E-state index in [4.69, 9.17) is 0 Å². The summed E-state index contributed by atoms with van der Waals surface area (Å²) in [6, 6.07) is 14.3. The van der Waals surface area contributed by atoms with Crippen molar-refractivity contribution in [3.63, 3.8) is 0 Å². The molecule has 4 aromatic rings. The number of aromatic carboxylic acids is 1. The third-order valence-electron chi connectivity index (χ3n) is 6.26. The molecule has 4 rings (SSSR count). The van der Waals surface area contributed by atoms with E-state index in [0.717, 1.165) is 6.07 Å². The van der Waals surface area contributed by atoms with Gasteiger partial charge in [0.05, 0.1) is 27.7 Å². The van der Waals surface area contributed by atoms with Crippen LogP contribution in [-0.4, -0.2) is 25.1 Å². The molecular formula is C28H23F3NO4S-. The topological polar surface area (TPSA) is 87.2 Å². The number of halogens is 3. The standard InChI is InChI=1S/C28H24F3NO4S/c1-4-37(35,36)23-13-7-11-20(27(33)34)25(23)18-9-5-8-17(14-18)24-19-10-6-12-22(28(29,30)31)26(19)32-15-21(24)16(2)3/h5-16H,4H2,1-3H3,(H,33,34)/p-1. The van der Waals surface area contributed by atoms with Crippen LogP contribution >= 0.6 is 0 Å². The lowest BCUT2D eigenvalue weighted by Crippen LogP contribution is -2.24. The molecule has 37 heavy (non-hydrogen) atoms. The van der Waals surface area contributed by atoms with E-state index in [2.05, 4.69) is 4.98 Å². The van der Waals surface area contributed by atoms with Gasteiger partial charge in [0.15, 0.2) is 9.84 Å². The molecule has 192 valence electrons. The monoisotopic (exact) mass is 526 g/mol. The zero-order valence-corrected chi connectivity index (χ0v) is 21.1. The zero-order chi connectivity index (χ0) is 27.1. The molecule has 0 saturated carbocycles. The van der Waals surface area contributed by atoms with Gasteiger partial charge in [-0.15, -0.1) is 0 Å². The number of fused-ring (bicyclic) bond motifs is 1. The average Bonchev–Trinajstić information content (AvgIpc) is 2.86. The Morgan fingerprint density at radius 1 is 0.973 bits per heavy atom. The van der Waals surface area contributed by atoms with E-state index in [-0.39, 0.29) is 44.2 Å². The number of aromatic nitrogens is 1. The normalized spacial score (nSPS) is 12.3. The van der Waals surface area contributed by atoms with Crippen molar-refractivity contribution < 1.29 is 31.5 Å². The zero-order valence-electron chi connectivity index (χ0n) is 20.3. The SMILES string of the molecule is CCS(=O)(=O)c1cccc(C(=O)[O-])c1-c1cccc(-c2c(C(C)C)cnc3c(C(F)(F)F)cccc23)c1. The molecule has 0 spiro atoms. The van der Waals surface area contributed by atoms with Gasteiger partial charge in [0.25, 0.3) is 0 Å².